The van der Waals surface area contributed by atoms with E-state index in [-0.39, 0.29) is 0 Å². The maximum Gasteiger partial charge on any atom is 0.164 e. The molecule has 14 aromatic rings. The number of thiophene rings is 2. The third-order valence-corrected chi connectivity index (χ3v) is 15.1. The van der Waals surface area contributed by atoms with Gasteiger partial charge in [0.2, 0.25) is 0 Å². The number of nitrogens with zero attached hydrogens (tertiary/aromatic N) is 5. The maximum absolute atomic E-state index is 5.37. The number of hydrogen-bond acceptors (Lipinski definition) is 5. The molecule has 0 aliphatic rings. The van der Waals surface area contributed by atoms with E-state index < -0.39 is 0 Å². The summed E-state index contributed by atoms with van der Waals surface area (Å²) in [5.74, 6) is 1.95. The van der Waals surface area contributed by atoms with Crippen LogP contribution in [0.5, 0.6) is 0 Å². The zero-order valence-corrected chi connectivity index (χ0v) is 35.7. The third kappa shape index (κ3) is 5.26. The normalized spacial score (nSPS) is 12.1. The summed E-state index contributed by atoms with van der Waals surface area (Å²) in [5, 5.41) is 9.58. The first-order chi connectivity index (χ1) is 31.7. The number of aromatic nitrogens is 5. The highest BCUT2D eigenvalue weighted by Crippen LogP contribution is 2.43. The lowest BCUT2D eigenvalue weighted by molar-refractivity contribution is 1.08. The van der Waals surface area contributed by atoms with Crippen molar-refractivity contribution in [3.05, 3.63) is 200 Å². The molecule has 5 nitrogen and oxygen atoms in total. The molecule has 0 saturated carbocycles. The summed E-state index contributed by atoms with van der Waals surface area (Å²) in [7, 11) is 0. The molecule has 64 heavy (non-hydrogen) atoms. The first-order valence-corrected chi connectivity index (χ1v) is 23.1. The lowest BCUT2D eigenvalue weighted by atomic mass is 10.0. The van der Waals surface area contributed by atoms with Crippen molar-refractivity contribution in [2.24, 2.45) is 0 Å². The van der Waals surface area contributed by atoms with Gasteiger partial charge < -0.3 is 9.13 Å². The standard InChI is InChI=1S/C57H33N5S2/c1-2-14-36(15-3-1)61-45-22-8-4-16-37(45)40-20-12-24-48(54(40)61)62-46-23-9-5-17-38(46)43-32-34(28-30-47(43)62)55-58-56(35-29-31-51-44(33-35)39-18-6-10-25-49(39)63-51)60-57(59-55)42-21-13-27-52-53(42)41-19-7-11-26-50(41)64-52/h1-33H. The smallest absolute Gasteiger partial charge is 0.164 e. The monoisotopic (exact) mass is 851 g/mol. The lowest BCUT2D eigenvalue weighted by Gasteiger charge is -2.14. The topological polar surface area (TPSA) is 48.5 Å². The van der Waals surface area contributed by atoms with Gasteiger partial charge >= 0.3 is 0 Å². The number of para-hydroxylation sites is 4. The minimum absolute atomic E-state index is 0.636. The van der Waals surface area contributed by atoms with Gasteiger partial charge in [0.15, 0.2) is 17.5 Å². The van der Waals surface area contributed by atoms with Crippen LogP contribution in [0, 0.1) is 0 Å². The Labute approximate surface area is 374 Å². The molecule has 0 unspecified atom stereocenters. The van der Waals surface area contributed by atoms with Gasteiger partial charge in [-0.05, 0) is 84.9 Å². The molecule has 0 saturated heterocycles. The summed E-state index contributed by atoms with van der Waals surface area (Å²) in [5.41, 5.74) is 9.73. The second-order valence-corrected chi connectivity index (χ2v) is 18.5. The molecule has 0 amide bonds. The van der Waals surface area contributed by atoms with E-state index in [1.54, 1.807) is 11.3 Å². The van der Waals surface area contributed by atoms with Crippen molar-refractivity contribution in [2.75, 3.05) is 0 Å². The van der Waals surface area contributed by atoms with Crippen LogP contribution < -0.4 is 0 Å². The van der Waals surface area contributed by atoms with Crippen LogP contribution in [0.3, 0.4) is 0 Å². The lowest BCUT2D eigenvalue weighted by Crippen LogP contribution is -2.01. The van der Waals surface area contributed by atoms with E-state index >= 15 is 0 Å². The molecule has 0 bridgehead atoms. The highest BCUT2D eigenvalue weighted by atomic mass is 32.1. The summed E-state index contributed by atoms with van der Waals surface area (Å²) >= 11 is 3.62. The van der Waals surface area contributed by atoms with Crippen molar-refractivity contribution < 1.29 is 0 Å². The van der Waals surface area contributed by atoms with E-state index in [1.165, 1.54) is 62.2 Å². The zero-order chi connectivity index (χ0) is 41.9. The minimum atomic E-state index is 0.636. The van der Waals surface area contributed by atoms with Gasteiger partial charge in [0.25, 0.3) is 0 Å². The van der Waals surface area contributed by atoms with Crippen molar-refractivity contribution >= 4 is 107 Å². The molecule has 5 heterocycles. The van der Waals surface area contributed by atoms with Crippen molar-refractivity contribution in [1.29, 1.82) is 0 Å². The van der Waals surface area contributed by atoms with Gasteiger partial charge in [-0.1, -0.05) is 115 Å². The highest BCUT2D eigenvalue weighted by molar-refractivity contribution is 7.26. The Morgan fingerprint density at radius 3 is 1.66 bits per heavy atom. The van der Waals surface area contributed by atoms with Gasteiger partial charge in [-0.3, -0.25) is 0 Å². The summed E-state index contributed by atoms with van der Waals surface area (Å²) in [4.78, 5) is 16.0. The van der Waals surface area contributed by atoms with Crippen molar-refractivity contribution in [3.8, 4) is 45.5 Å². The Kier molecular flexibility index (Phi) is 7.66. The van der Waals surface area contributed by atoms with Gasteiger partial charge in [-0.25, -0.2) is 15.0 Å². The van der Waals surface area contributed by atoms with Crippen LogP contribution in [0.2, 0.25) is 0 Å². The predicted octanol–water partition coefficient (Wildman–Crippen LogP) is 15.8. The molecular weight excluding hydrogens is 819 g/mol. The Hall–Kier alpha value is -7.97. The Bertz CT molecular complexity index is 4210. The molecule has 7 heteroatoms. The van der Waals surface area contributed by atoms with Crippen molar-refractivity contribution in [2.45, 2.75) is 0 Å². The highest BCUT2D eigenvalue weighted by Gasteiger charge is 2.22. The average Bonchev–Trinajstić information content (AvgIpc) is 4.11. The van der Waals surface area contributed by atoms with E-state index in [0.29, 0.717) is 17.5 Å². The van der Waals surface area contributed by atoms with E-state index in [0.717, 1.165) is 49.9 Å². The molecule has 298 valence electrons. The van der Waals surface area contributed by atoms with Crippen LogP contribution in [-0.2, 0) is 0 Å². The summed E-state index contributed by atoms with van der Waals surface area (Å²) in [6.07, 6.45) is 0. The van der Waals surface area contributed by atoms with Gasteiger partial charge in [0.05, 0.1) is 27.8 Å². The number of benzene rings is 9. The quantitative estimate of drug-likeness (QED) is 0.173. The fraction of sp³-hybridized carbons (Fsp3) is 0. The van der Waals surface area contributed by atoms with Crippen LogP contribution in [-0.4, -0.2) is 24.1 Å². The molecule has 14 rings (SSSR count). The predicted molar refractivity (Wildman–Crippen MR) is 271 cm³/mol. The maximum atomic E-state index is 5.37. The summed E-state index contributed by atoms with van der Waals surface area (Å²) in [6.45, 7) is 0. The van der Waals surface area contributed by atoms with E-state index in [9.17, 15) is 0 Å². The van der Waals surface area contributed by atoms with Crippen LogP contribution in [0.25, 0.3) is 129 Å². The molecule has 0 fully saturated rings. The molecule has 5 aromatic heterocycles. The van der Waals surface area contributed by atoms with E-state index in [2.05, 4.69) is 209 Å². The Morgan fingerprint density at radius 1 is 0.328 bits per heavy atom. The van der Waals surface area contributed by atoms with Gasteiger partial charge in [-0.15, -0.1) is 22.7 Å². The molecule has 0 aliphatic heterocycles. The molecule has 0 radical (unpaired) electrons. The summed E-state index contributed by atoms with van der Waals surface area (Å²) in [6, 6.07) is 71.9. The minimum Gasteiger partial charge on any atom is -0.307 e. The van der Waals surface area contributed by atoms with Crippen LogP contribution >= 0.6 is 22.7 Å². The fourth-order valence-electron chi connectivity index (χ4n) is 9.98. The summed E-state index contributed by atoms with van der Waals surface area (Å²) < 4.78 is 9.82. The van der Waals surface area contributed by atoms with E-state index in [1.807, 2.05) is 11.3 Å². The van der Waals surface area contributed by atoms with Gasteiger partial charge in [-0.2, -0.15) is 0 Å². The van der Waals surface area contributed by atoms with E-state index in [4.69, 9.17) is 15.0 Å². The third-order valence-electron chi connectivity index (χ3n) is 12.8. The Balaban J connectivity index is 1.02. The zero-order valence-electron chi connectivity index (χ0n) is 34.1. The van der Waals surface area contributed by atoms with Crippen molar-refractivity contribution in [1.82, 2.24) is 24.1 Å². The van der Waals surface area contributed by atoms with Crippen LogP contribution in [0.1, 0.15) is 0 Å². The van der Waals surface area contributed by atoms with Gasteiger partial charge in [0.1, 0.15) is 0 Å². The molecule has 0 N–H and O–H groups in total. The average molecular weight is 852 g/mol. The molecule has 9 aromatic carbocycles. The SMILES string of the molecule is c1ccc(-n2c3ccccc3c3cccc(-n4c5ccccc5c5cc(-c6nc(-c7ccc8sc9ccccc9c8c7)nc(-c7cccc8sc9ccccc9c78)n6)ccc54)c32)cc1. The fourth-order valence-corrected chi connectivity index (χ4v) is 12.2. The molecule has 0 aliphatic carbocycles. The first kappa shape index (κ1) is 35.6. The van der Waals surface area contributed by atoms with Gasteiger partial charge in [0, 0.05) is 84.3 Å². The van der Waals surface area contributed by atoms with Crippen LogP contribution in [0.4, 0.5) is 0 Å². The molecular formula is C57H33N5S2. The number of hydrogen-bond donors (Lipinski definition) is 0. The largest absolute Gasteiger partial charge is 0.307 e. The second-order valence-electron chi connectivity index (χ2n) is 16.3. The first-order valence-electron chi connectivity index (χ1n) is 21.4. The number of fused-ring (bicyclic) bond motifs is 12. The number of rotatable bonds is 5. The van der Waals surface area contributed by atoms with Crippen molar-refractivity contribution in [3.63, 3.8) is 0 Å². The van der Waals surface area contributed by atoms with Crippen LogP contribution in [0.15, 0.2) is 200 Å². The molecule has 0 spiro atoms. The molecule has 0 atom stereocenters. The Morgan fingerprint density at radius 2 is 0.859 bits per heavy atom. The second kappa shape index (κ2) is 13.8.